The molecule has 0 aromatic heterocycles. The lowest BCUT2D eigenvalue weighted by atomic mass is 9.91. The molecule has 1 atom stereocenters. The lowest BCUT2D eigenvalue weighted by Crippen LogP contribution is -2.52. The highest BCUT2D eigenvalue weighted by Crippen LogP contribution is 2.41. The van der Waals surface area contributed by atoms with Crippen LogP contribution in [0.4, 0.5) is 0 Å². The van der Waals surface area contributed by atoms with Gasteiger partial charge in [-0.25, -0.2) is 0 Å². The molecule has 0 bridgehead atoms. The molecule has 2 aliphatic carbocycles. The lowest BCUT2D eigenvalue weighted by Gasteiger charge is -2.32. The molecule has 0 aliphatic heterocycles. The molecule has 1 aromatic carbocycles. The number of amides is 1. The highest BCUT2D eigenvalue weighted by Gasteiger charge is 2.45. The second kappa shape index (κ2) is 5.34. The van der Waals surface area contributed by atoms with E-state index < -0.39 is 5.54 Å². The molecule has 114 valence electrons. The summed E-state index contributed by atoms with van der Waals surface area (Å²) >= 11 is 0. The molecule has 1 amide bonds. The minimum atomic E-state index is -0.880. The van der Waals surface area contributed by atoms with Crippen LogP contribution in [-0.4, -0.2) is 31.0 Å². The van der Waals surface area contributed by atoms with Crippen LogP contribution < -0.4 is 10.5 Å². The van der Waals surface area contributed by atoms with E-state index in [0.29, 0.717) is 12.3 Å². The molecule has 1 saturated carbocycles. The van der Waals surface area contributed by atoms with Crippen LogP contribution in [-0.2, 0) is 16.8 Å². The number of nitrogens with two attached hydrogens (primary N) is 1. The van der Waals surface area contributed by atoms with Crippen LogP contribution in [0.25, 0.3) is 0 Å². The van der Waals surface area contributed by atoms with Gasteiger partial charge in [-0.1, -0.05) is 12.1 Å². The molecule has 0 heterocycles. The SMILES string of the molecule is CCN(CC1CC1)C(=O)C1(N)CCc2c(OC)cccc21. The predicted molar refractivity (Wildman–Crippen MR) is 82.2 cm³/mol. The van der Waals surface area contributed by atoms with Crippen molar-refractivity contribution in [1.29, 1.82) is 0 Å². The topological polar surface area (TPSA) is 55.6 Å². The van der Waals surface area contributed by atoms with E-state index in [4.69, 9.17) is 10.5 Å². The number of nitrogens with zero attached hydrogens (tertiary/aromatic N) is 1. The molecule has 1 aromatic rings. The van der Waals surface area contributed by atoms with Crippen LogP contribution in [0.5, 0.6) is 5.75 Å². The monoisotopic (exact) mass is 288 g/mol. The third-order valence-corrected chi connectivity index (χ3v) is 4.83. The summed E-state index contributed by atoms with van der Waals surface area (Å²) < 4.78 is 5.41. The predicted octanol–water partition coefficient (Wildman–Crippen LogP) is 2.05. The Hall–Kier alpha value is -1.55. The van der Waals surface area contributed by atoms with Crippen molar-refractivity contribution in [3.8, 4) is 5.75 Å². The van der Waals surface area contributed by atoms with Crippen molar-refractivity contribution in [2.75, 3.05) is 20.2 Å². The van der Waals surface area contributed by atoms with Crippen LogP contribution >= 0.6 is 0 Å². The average Bonchev–Trinajstić information content (AvgIpc) is 3.26. The van der Waals surface area contributed by atoms with E-state index >= 15 is 0 Å². The fraction of sp³-hybridized carbons (Fsp3) is 0.588. The number of ether oxygens (including phenoxy) is 1. The van der Waals surface area contributed by atoms with Crippen molar-refractivity contribution >= 4 is 5.91 Å². The zero-order valence-electron chi connectivity index (χ0n) is 12.9. The van der Waals surface area contributed by atoms with Gasteiger partial charge in [-0.05, 0) is 55.7 Å². The molecule has 2 aliphatic rings. The normalized spacial score (nSPS) is 23.8. The van der Waals surface area contributed by atoms with Gasteiger partial charge in [-0.15, -0.1) is 0 Å². The number of carbonyl (C=O) groups excluding carboxylic acids is 1. The summed E-state index contributed by atoms with van der Waals surface area (Å²) in [5.41, 5.74) is 7.72. The number of benzene rings is 1. The molecule has 4 heteroatoms. The Balaban J connectivity index is 1.90. The van der Waals surface area contributed by atoms with Crippen LogP contribution in [0.1, 0.15) is 37.3 Å². The molecule has 0 spiro atoms. The Labute approximate surface area is 126 Å². The number of carbonyl (C=O) groups is 1. The summed E-state index contributed by atoms with van der Waals surface area (Å²) in [7, 11) is 1.67. The maximum atomic E-state index is 13.0. The number of hydrogen-bond acceptors (Lipinski definition) is 3. The lowest BCUT2D eigenvalue weighted by molar-refractivity contribution is -0.137. The van der Waals surface area contributed by atoms with Crippen molar-refractivity contribution in [1.82, 2.24) is 4.90 Å². The van der Waals surface area contributed by atoms with Gasteiger partial charge in [0.1, 0.15) is 11.3 Å². The molecule has 3 rings (SSSR count). The molecule has 21 heavy (non-hydrogen) atoms. The standard InChI is InChI=1S/C17H24N2O2/c1-3-19(11-12-7-8-12)16(20)17(18)10-9-13-14(17)5-4-6-15(13)21-2/h4-6,12H,3,7-11,18H2,1-2H3. The maximum Gasteiger partial charge on any atom is 0.247 e. The quantitative estimate of drug-likeness (QED) is 0.902. The summed E-state index contributed by atoms with van der Waals surface area (Å²) in [6.07, 6.45) is 3.96. The number of methoxy groups -OCH3 is 1. The fourth-order valence-corrected chi connectivity index (χ4v) is 3.36. The van der Waals surface area contributed by atoms with Gasteiger partial charge in [-0.2, -0.15) is 0 Å². The van der Waals surface area contributed by atoms with Gasteiger partial charge in [0.15, 0.2) is 0 Å². The molecular formula is C17H24N2O2. The number of hydrogen-bond donors (Lipinski definition) is 1. The molecule has 1 unspecified atom stereocenters. The zero-order valence-corrected chi connectivity index (χ0v) is 12.9. The summed E-state index contributed by atoms with van der Waals surface area (Å²) in [5.74, 6) is 1.60. The van der Waals surface area contributed by atoms with Gasteiger partial charge in [0, 0.05) is 13.1 Å². The minimum absolute atomic E-state index is 0.0731. The highest BCUT2D eigenvalue weighted by atomic mass is 16.5. The van der Waals surface area contributed by atoms with E-state index in [0.717, 1.165) is 36.4 Å². The smallest absolute Gasteiger partial charge is 0.247 e. The first kappa shape index (κ1) is 14.4. The summed E-state index contributed by atoms with van der Waals surface area (Å²) in [6.45, 7) is 3.62. The van der Waals surface area contributed by atoms with Gasteiger partial charge < -0.3 is 15.4 Å². The largest absolute Gasteiger partial charge is 0.496 e. The average molecular weight is 288 g/mol. The van der Waals surface area contributed by atoms with Crippen molar-refractivity contribution < 1.29 is 9.53 Å². The van der Waals surface area contributed by atoms with E-state index in [9.17, 15) is 4.79 Å². The third kappa shape index (κ3) is 2.42. The van der Waals surface area contributed by atoms with Crippen molar-refractivity contribution in [3.63, 3.8) is 0 Å². The first-order valence-electron chi connectivity index (χ1n) is 7.84. The van der Waals surface area contributed by atoms with Crippen molar-refractivity contribution in [2.24, 2.45) is 11.7 Å². The highest BCUT2D eigenvalue weighted by molar-refractivity contribution is 5.89. The molecule has 4 nitrogen and oxygen atoms in total. The summed E-state index contributed by atoms with van der Waals surface area (Å²) in [4.78, 5) is 14.9. The summed E-state index contributed by atoms with van der Waals surface area (Å²) in [5, 5.41) is 0. The van der Waals surface area contributed by atoms with E-state index in [1.165, 1.54) is 12.8 Å². The van der Waals surface area contributed by atoms with Gasteiger partial charge in [-0.3, -0.25) is 4.79 Å². The third-order valence-electron chi connectivity index (χ3n) is 4.83. The number of rotatable bonds is 5. The zero-order chi connectivity index (χ0) is 15.0. The van der Waals surface area contributed by atoms with Crippen LogP contribution in [0.15, 0.2) is 18.2 Å². The molecule has 0 radical (unpaired) electrons. The van der Waals surface area contributed by atoms with E-state index in [-0.39, 0.29) is 5.91 Å². The molecule has 2 N–H and O–H groups in total. The first-order chi connectivity index (χ1) is 10.1. The van der Waals surface area contributed by atoms with Gasteiger partial charge in [0.25, 0.3) is 0 Å². The van der Waals surface area contributed by atoms with Crippen molar-refractivity contribution in [3.05, 3.63) is 29.3 Å². The minimum Gasteiger partial charge on any atom is -0.496 e. The van der Waals surface area contributed by atoms with Crippen LogP contribution in [0.3, 0.4) is 0 Å². The second-order valence-corrected chi connectivity index (χ2v) is 6.24. The Morgan fingerprint density at radius 3 is 2.86 bits per heavy atom. The van der Waals surface area contributed by atoms with E-state index in [1.54, 1.807) is 7.11 Å². The number of fused-ring (bicyclic) bond motifs is 1. The Bertz CT molecular complexity index is 554. The van der Waals surface area contributed by atoms with Gasteiger partial charge in [0.2, 0.25) is 5.91 Å². The van der Waals surface area contributed by atoms with Gasteiger partial charge >= 0.3 is 0 Å². The fourth-order valence-electron chi connectivity index (χ4n) is 3.36. The number of likely N-dealkylation sites (N-methyl/N-ethyl adjacent to an activating group) is 1. The molecule has 0 saturated heterocycles. The van der Waals surface area contributed by atoms with E-state index in [1.807, 2.05) is 30.0 Å². The Morgan fingerprint density at radius 1 is 1.48 bits per heavy atom. The first-order valence-corrected chi connectivity index (χ1v) is 7.84. The summed E-state index contributed by atoms with van der Waals surface area (Å²) in [6, 6.07) is 5.85. The van der Waals surface area contributed by atoms with Crippen molar-refractivity contribution in [2.45, 2.75) is 38.1 Å². The van der Waals surface area contributed by atoms with Crippen LogP contribution in [0, 0.1) is 5.92 Å². The Kier molecular flexibility index (Phi) is 3.66. The van der Waals surface area contributed by atoms with E-state index in [2.05, 4.69) is 0 Å². The Morgan fingerprint density at radius 2 is 2.24 bits per heavy atom. The van der Waals surface area contributed by atoms with Crippen LogP contribution in [0.2, 0.25) is 0 Å². The maximum absolute atomic E-state index is 13.0. The molecular weight excluding hydrogens is 264 g/mol. The molecule has 1 fully saturated rings. The van der Waals surface area contributed by atoms with Gasteiger partial charge in [0.05, 0.1) is 7.11 Å². The second-order valence-electron chi connectivity index (χ2n) is 6.24.